The van der Waals surface area contributed by atoms with Crippen LogP contribution in [-0.2, 0) is 4.74 Å². The Kier molecular flexibility index (Phi) is 4.11. The van der Waals surface area contributed by atoms with Gasteiger partial charge in [0.1, 0.15) is 5.82 Å². The number of carbonyl (C=O) groups excluding carboxylic acids is 1. The van der Waals surface area contributed by atoms with E-state index in [1.807, 2.05) is 43.3 Å². The number of para-hydroxylation sites is 1. The number of anilines is 1. The van der Waals surface area contributed by atoms with Crippen LogP contribution in [0.4, 0.5) is 10.5 Å². The van der Waals surface area contributed by atoms with Gasteiger partial charge < -0.3 is 15.0 Å². The molecular weight excluding hydrogens is 316 g/mol. The minimum absolute atomic E-state index is 0.0955. The van der Waals surface area contributed by atoms with Crippen LogP contribution in [-0.4, -0.2) is 46.8 Å². The fourth-order valence-corrected chi connectivity index (χ4v) is 3.15. The number of hydrogen-bond acceptors (Lipinski definition) is 3. The number of amides is 2. The highest BCUT2D eigenvalue weighted by Gasteiger charge is 2.17. The lowest BCUT2D eigenvalue weighted by Gasteiger charge is -2.26. The second kappa shape index (κ2) is 6.57. The molecule has 0 bridgehead atoms. The van der Waals surface area contributed by atoms with E-state index >= 15 is 0 Å². The number of imidazole rings is 1. The zero-order valence-corrected chi connectivity index (χ0v) is 14.1. The summed E-state index contributed by atoms with van der Waals surface area (Å²) in [5, 5.41) is 2.95. The van der Waals surface area contributed by atoms with E-state index in [4.69, 9.17) is 4.74 Å². The van der Waals surface area contributed by atoms with Gasteiger partial charge in [-0.1, -0.05) is 18.2 Å². The van der Waals surface area contributed by atoms with Crippen molar-refractivity contribution in [3.63, 3.8) is 0 Å². The first kappa shape index (κ1) is 15.7. The topological polar surface area (TPSA) is 59.4 Å². The van der Waals surface area contributed by atoms with Gasteiger partial charge >= 0.3 is 6.03 Å². The van der Waals surface area contributed by atoms with E-state index in [0.29, 0.717) is 26.3 Å². The predicted octanol–water partition coefficient (Wildman–Crippen LogP) is 3.20. The van der Waals surface area contributed by atoms with Crippen LogP contribution in [0.1, 0.15) is 5.82 Å². The van der Waals surface area contributed by atoms with Crippen molar-refractivity contribution >= 4 is 22.8 Å². The number of urea groups is 1. The summed E-state index contributed by atoms with van der Waals surface area (Å²) in [6.07, 6.45) is 0. The number of rotatable bonds is 2. The van der Waals surface area contributed by atoms with Crippen molar-refractivity contribution < 1.29 is 9.53 Å². The number of hydrogen-bond donors (Lipinski definition) is 1. The molecule has 1 saturated heterocycles. The average Bonchev–Trinajstić information content (AvgIpc) is 2.98. The third-order valence-electron chi connectivity index (χ3n) is 4.39. The van der Waals surface area contributed by atoms with Gasteiger partial charge in [0.15, 0.2) is 0 Å². The molecule has 4 rings (SSSR count). The first-order chi connectivity index (χ1) is 12.2. The molecule has 0 saturated carbocycles. The first-order valence-electron chi connectivity index (χ1n) is 8.40. The summed E-state index contributed by atoms with van der Waals surface area (Å²) in [4.78, 5) is 18.7. The number of aryl methyl sites for hydroxylation is 1. The quantitative estimate of drug-likeness (QED) is 0.782. The maximum absolute atomic E-state index is 12.3. The smallest absolute Gasteiger partial charge is 0.322 e. The van der Waals surface area contributed by atoms with E-state index < -0.39 is 0 Å². The number of fused-ring (bicyclic) bond motifs is 1. The third kappa shape index (κ3) is 3.08. The molecule has 6 heteroatoms. The van der Waals surface area contributed by atoms with Gasteiger partial charge in [-0.15, -0.1) is 0 Å². The number of nitrogens with zero attached hydrogens (tertiary/aromatic N) is 3. The summed E-state index contributed by atoms with van der Waals surface area (Å²) in [6, 6.07) is 15.9. The van der Waals surface area contributed by atoms with Gasteiger partial charge in [0, 0.05) is 24.5 Å². The summed E-state index contributed by atoms with van der Waals surface area (Å²) in [6.45, 7) is 4.41. The van der Waals surface area contributed by atoms with Gasteiger partial charge in [-0.05, 0) is 37.3 Å². The molecule has 2 heterocycles. The summed E-state index contributed by atoms with van der Waals surface area (Å²) in [5.41, 5.74) is 3.71. The lowest BCUT2D eigenvalue weighted by Crippen LogP contribution is -2.43. The standard InChI is InChI=1S/C19H20N4O2/c1-14-20-17-13-15(21-19(24)22-9-11-25-12-10-22)7-8-18(17)23(14)16-5-3-2-4-6-16/h2-8,13H,9-12H2,1H3,(H,21,24). The SMILES string of the molecule is Cc1nc2cc(NC(=O)N3CCOCC3)ccc2n1-c1ccccc1. The van der Waals surface area contributed by atoms with Gasteiger partial charge in [0.05, 0.1) is 24.2 Å². The molecule has 1 aliphatic heterocycles. The zero-order valence-electron chi connectivity index (χ0n) is 14.1. The highest BCUT2D eigenvalue weighted by molar-refractivity contribution is 5.92. The van der Waals surface area contributed by atoms with E-state index in [0.717, 1.165) is 28.2 Å². The van der Waals surface area contributed by atoms with E-state index in [1.54, 1.807) is 4.90 Å². The van der Waals surface area contributed by atoms with Crippen molar-refractivity contribution in [2.45, 2.75) is 6.92 Å². The van der Waals surface area contributed by atoms with Gasteiger partial charge in [0.2, 0.25) is 0 Å². The van der Waals surface area contributed by atoms with Crippen LogP contribution in [0, 0.1) is 6.92 Å². The van der Waals surface area contributed by atoms with Crippen molar-refractivity contribution in [2.24, 2.45) is 0 Å². The predicted molar refractivity (Wildman–Crippen MR) is 97.2 cm³/mol. The molecule has 3 aromatic rings. The number of ether oxygens (including phenoxy) is 1. The summed E-state index contributed by atoms with van der Waals surface area (Å²) in [5.74, 6) is 0.915. The Labute approximate surface area is 146 Å². The Balaban J connectivity index is 1.62. The maximum Gasteiger partial charge on any atom is 0.322 e. The fraction of sp³-hybridized carbons (Fsp3) is 0.263. The van der Waals surface area contributed by atoms with Crippen LogP contribution in [0.15, 0.2) is 48.5 Å². The Morgan fingerprint density at radius 1 is 1.12 bits per heavy atom. The lowest BCUT2D eigenvalue weighted by atomic mass is 10.2. The van der Waals surface area contributed by atoms with Crippen LogP contribution in [0.5, 0.6) is 0 Å². The molecule has 1 aromatic heterocycles. The van der Waals surface area contributed by atoms with Crippen molar-refractivity contribution in [3.8, 4) is 5.69 Å². The number of benzene rings is 2. The molecule has 128 valence electrons. The number of morpholine rings is 1. The normalized spacial score (nSPS) is 14.7. The van der Waals surface area contributed by atoms with E-state index in [2.05, 4.69) is 27.0 Å². The molecule has 25 heavy (non-hydrogen) atoms. The highest BCUT2D eigenvalue weighted by Crippen LogP contribution is 2.24. The third-order valence-corrected chi connectivity index (χ3v) is 4.39. The molecule has 0 radical (unpaired) electrons. The molecule has 1 aliphatic rings. The Bertz CT molecular complexity index is 898. The molecule has 2 aromatic carbocycles. The Morgan fingerprint density at radius 2 is 1.88 bits per heavy atom. The van der Waals surface area contributed by atoms with Crippen molar-refractivity contribution in [1.29, 1.82) is 0 Å². The van der Waals surface area contributed by atoms with Gasteiger partial charge in [-0.3, -0.25) is 4.57 Å². The fourth-order valence-electron chi connectivity index (χ4n) is 3.15. The van der Waals surface area contributed by atoms with Crippen LogP contribution in [0.25, 0.3) is 16.7 Å². The largest absolute Gasteiger partial charge is 0.378 e. The van der Waals surface area contributed by atoms with E-state index in [1.165, 1.54) is 0 Å². The molecule has 0 unspecified atom stereocenters. The van der Waals surface area contributed by atoms with Gasteiger partial charge in [-0.25, -0.2) is 9.78 Å². The number of carbonyl (C=O) groups is 1. The second-order valence-electron chi connectivity index (χ2n) is 6.06. The van der Waals surface area contributed by atoms with Crippen molar-refractivity contribution in [2.75, 3.05) is 31.6 Å². The molecule has 0 aliphatic carbocycles. The molecule has 1 N–H and O–H groups in total. The molecule has 0 atom stereocenters. The van der Waals surface area contributed by atoms with Crippen molar-refractivity contribution in [1.82, 2.24) is 14.5 Å². The molecule has 6 nitrogen and oxygen atoms in total. The number of nitrogens with one attached hydrogen (secondary N) is 1. The summed E-state index contributed by atoms with van der Waals surface area (Å²) >= 11 is 0. The minimum Gasteiger partial charge on any atom is -0.378 e. The lowest BCUT2D eigenvalue weighted by molar-refractivity contribution is 0.0564. The first-order valence-corrected chi connectivity index (χ1v) is 8.40. The monoisotopic (exact) mass is 336 g/mol. The summed E-state index contributed by atoms with van der Waals surface area (Å²) < 4.78 is 7.40. The molecule has 0 spiro atoms. The number of aromatic nitrogens is 2. The van der Waals surface area contributed by atoms with Gasteiger partial charge in [-0.2, -0.15) is 0 Å². The van der Waals surface area contributed by atoms with Crippen molar-refractivity contribution in [3.05, 3.63) is 54.4 Å². The summed E-state index contributed by atoms with van der Waals surface area (Å²) in [7, 11) is 0. The Hall–Kier alpha value is -2.86. The maximum atomic E-state index is 12.3. The second-order valence-corrected chi connectivity index (χ2v) is 6.06. The van der Waals surface area contributed by atoms with E-state index in [-0.39, 0.29) is 6.03 Å². The average molecular weight is 336 g/mol. The van der Waals surface area contributed by atoms with Gasteiger partial charge in [0.25, 0.3) is 0 Å². The zero-order chi connectivity index (χ0) is 17.2. The van der Waals surface area contributed by atoms with Crippen LogP contribution in [0.2, 0.25) is 0 Å². The Morgan fingerprint density at radius 3 is 2.64 bits per heavy atom. The van der Waals surface area contributed by atoms with E-state index in [9.17, 15) is 4.79 Å². The molecule has 2 amide bonds. The highest BCUT2D eigenvalue weighted by atomic mass is 16.5. The molecule has 1 fully saturated rings. The minimum atomic E-state index is -0.0955. The molecular formula is C19H20N4O2. The van der Waals surface area contributed by atoms with Crippen LogP contribution in [0.3, 0.4) is 0 Å². The van der Waals surface area contributed by atoms with Crippen LogP contribution >= 0.6 is 0 Å². The van der Waals surface area contributed by atoms with Crippen LogP contribution < -0.4 is 5.32 Å².